The van der Waals surface area contributed by atoms with Crippen molar-refractivity contribution in [1.82, 2.24) is 0 Å². The first-order valence-corrected chi connectivity index (χ1v) is 10.6. The molecule has 4 heteroatoms. The van der Waals surface area contributed by atoms with Gasteiger partial charge in [0.05, 0.1) is 24.4 Å². The molecule has 4 fully saturated rings. The lowest BCUT2D eigenvalue weighted by Gasteiger charge is -2.64. The fourth-order valence-corrected chi connectivity index (χ4v) is 6.10. The highest BCUT2D eigenvalue weighted by Crippen LogP contribution is 2.66. The van der Waals surface area contributed by atoms with Crippen molar-refractivity contribution in [2.45, 2.75) is 64.8 Å². The van der Waals surface area contributed by atoms with Crippen LogP contribution in [0.2, 0.25) is 0 Å². The van der Waals surface area contributed by atoms with Crippen molar-refractivity contribution in [1.29, 1.82) is 0 Å². The van der Waals surface area contributed by atoms with Crippen LogP contribution < -0.4 is 0 Å². The molecule has 2 heterocycles. The van der Waals surface area contributed by atoms with Gasteiger partial charge in [0, 0.05) is 0 Å². The van der Waals surface area contributed by atoms with Crippen LogP contribution >= 0.6 is 0 Å². The minimum absolute atomic E-state index is 0.0788. The molecule has 3 aliphatic carbocycles. The number of benzene rings is 1. The van der Waals surface area contributed by atoms with E-state index in [1.807, 2.05) is 0 Å². The minimum Gasteiger partial charge on any atom is -0.402 e. The predicted molar refractivity (Wildman–Crippen MR) is 107 cm³/mol. The molecule has 0 radical (unpaired) electrons. The van der Waals surface area contributed by atoms with Gasteiger partial charge in [0.1, 0.15) is 0 Å². The molecule has 1 saturated heterocycles. The molecule has 0 N–H and O–H groups in total. The zero-order valence-electron chi connectivity index (χ0n) is 17.0. The summed E-state index contributed by atoms with van der Waals surface area (Å²) in [6, 6.07) is 10.6. The number of rotatable bonds is 2. The van der Waals surface area contributed by atoms with E-state index >= 15 is 0 Å². The molecule has 2 aliphatic heterocycles. The maximum Gasteiger partial charge on any atom is 0.490 e. The van der Waals surface area contributed by atoms with E-state index in [2.05, 4.69) is 64.1 Å². The highest BCUT2D eigenvalue weighted by Gasteiger charge is 2.68. The van der Waals surface area contributed by atoms with Crippen molar-refractivity contribution in [3.63, 3.8) is 0 Å². The maximum atomic E-state index is 6.72. The molecule has 6 rings (SSSR count). The van der Waals surface area contributed by atoms with Crippen molar-refractivity contribution < 1.29 is 14.0 Å². The molecule has 6 atom stereocenters. The highest BCUT2D eigenvalue weighted by molar-refractivity contribution is 6.54. The number of hydrogen-bond donors (Lipinski definition) is 0. The van der Waals surface area contributed by atoms with E-state index in [1.54, 1.807) is 0 Å². The summed E-state index contributed by atoms with van der Waals surface area (Å²) in [7, 11) is -0.217. The fourth-order valence-electron chi connectivity index (χ4n) is 6.10. The van der Waals surface area contributed by atoms with Crippen LogP contribution in [-0.4, -0.2) is 25.4 Å². The van der Waals surface area contributed by atoms with Crippen LogP contribution in [0.1, 0.15) is 58.6 Å². The lowest BCUT2D eigenvalue weighted by atomic mass is 9.43. The monoisotopic (exact) mass is 366 g/mol. The van der Waals surface area contributed by atoms with Gasteiger partial charge in [0.25, 0.3) is 0 Å². The second-order valence-electron chi connectivity index (χ2n) is 9.96. The van der Waals surface area contributed by atoms with Gasteiger partial charge in [-0.05, 0) is 60.4 Å². The smallest absolute Gasteiger partial charge is 0.402 e. The number of ether oxygens (including phenoxy) is 1. The molecule has 0 amide bonds. The molecule has 1 aromatic rings. The first kappa shape index (κ1) is 18.0. The summed E-state index contributed by atoms with van der Waals surface area (Å²) >= 11 is 0. The molecule has 5 aliphatic rings. The third kappa shape index (κ3) is 2.75. The van der Waals surface area contributed by atoms with E-state index in [9.17, 15) is 0 Å². The van der Waals surface area contributed by atoms with Crippen molar-refractivity contribution in [2.75, 3.05) is 6.61 Å². The van der Waals surface area contributed by atoms with Gasteiger partial charge in [-0.1, -0.05) is 57.2 Å². The van der Waals surface area contributed by atoms with Crippen molar-refractivity contribution >= 4 is 7.12 Å². The van der Waals surface area contributed by atoms with Gasteiger partial charge in [0.15, 0.2) is 0 Å². The molecule has 3 nitrogen and oxygen atoms in total. The third-order valence-electron chi connectivity index (χ3n) is 7.90. The molecular weight excluding hydrogens is 335 g/mol. The Hall–Kier alpha value is -1.10. The van der Waals surface area contributed by atoms with Gasteiger partial charge in [-0.2, -0.15) is 0 Å². The Morgan fingerprint density at radius 2 is 1.85 bits per heavy atom. The van der Waals surface area contributed by atoms with Crippen LogP contribution in [0.4, 0.5) is 0 Å². The standard InChI is InChI=1S/C23H31BO3/c1-15-10-18(13-19(25-14-15)16-8-6-5-7-9-16)24-26-21-12-17-11-20(22(17,2)3)23(21,4)27-24/h5-10,15,17,19-21H,11-14H2,1-4H3/t15-,17-,19-,20-,21+,23-/m1/s1. The summed E-state index contributed by atoms with van der Waals surface area (Å²) in [5, 5.41) is 0. The Balaban J connectivity index is 1.39. The van der Waals surface area contributed by atoms with E-state index in [4.69, 9.17) is 14.0 Å². The molecule has 1 aromatic carbocycles. The van der Waals surface area contributed by atoms with E-state index < -0.39 is 0 Å². The normalized spacial score (nSPS) is 42.7. The van der Waals surface area contributed by atoms with Gasteiger partial charge in [-0.15, -0.1) is 0 Å². The Morgan fingerprint density at radius 3 is 2.59 bits per heavy atom. The van der Waals surface area contributed by atoms with Gasteiger partial charge in [-0.3, -0.25) is 0 Å². The highest BCUT2D eigenvalue weighted by atomic mass is 16.7. The summed E-state index contributed by atoms with van der Waals surface area (Å²) < 4.78 is 19.5. The maximum absolute atomic E-state index is 6.72. The predicted octanol–water partition coefficient (Wildman–Crippen LogP) is 4.98. The SMILES string of the molecule is C[C@@H]1C=C(B2O[C@H]3C[C@H]4C[C@H](C4(C)C)[C@@]3(C)O2)C[C@H](c2ccccc2)OC1. The summed E-state index contributed by atoms with van der Waals surface area (Å²) in [6.45, 7) is 10.1. The minimum atomic E-state index is -0.217. The van der Waals surface area contributed by atoms with Gasteiger partial charge in [-0.25, -0.2) is 0 Å². The Morgan fingerprint density at radius 1 is 1.07 bits per heavy atom. The molecule has 0 spiro atoms. The molecule has 144 valence electrons. The fraction of sp³-hybridized carbons (Fsp3) is 0.652. The zero-order valence-corrected chi connectivity index (χ0v) is 17.0. The van der Waals surface area contributed by atoms with Gasteiger partial charge in [0.2, 0.25) is 0 Å². The zero-order chi connectivity index (χ0) is 18.8. The lowest BCUT2D eigenvalue weighted by Crippen LogP contribution is -2.65. The first-order valence-electron chi connectivity index (χ1n) is 10.6. The van der Waals surface area contributed by atoms with Crippen LogP contribution in [0.3, 0.4) is 0 Å². The average Bonchev–Trinajstić information content (AvgIpc) is 2.89. The molecule has 0 unspecified atom stereocenters. The second kappa shape index (κ2) is 6.20. The van der Waals surface area contributed by atoms with Crippen LogP contribution in [-0.2, 0) is 14.0 Å². The number of hydrogen-bond acceptors (Lipinski definition) is 3. The first-order chi connectivity index (χ1) is 12.9. The van der Waals surface area contributed by atoms with E-state index in [0.717, 1.165) is 25.4 Å². The topological polar surface area (TPSA) is 27.7 Å². The van der Waals surface area contributed by atoms with Crippen LogP contribution in [0.5, 0.6) is 0 Å². The molecular formula is C23H31BO3. The Labute approximate surface area is 163 Å². The van der Waals surface area contributed by atoms with E-state index in [0.29, 0.717) is 17.3 Å². The summed E-state index contributed by atoms with van der Waals surface area (Å²) in [6.07, 6.45) is 5.92. The largest absolute Gasteiger partial charge is 0.490 e. The quantitative estimate of drug-likeness (QED) is 0.691. The third-order valence-corrected chi connectivity index (χ3v) is 7.90. The molecule has 0 aromatic heterocycles. The van der Waals surface area contributed by atoms with Crippen molar-refractivity contribution in [3.05, 3.63) is 47.4 Å². The second-order valence-corrected chi connectivity index (χ2v) is 9.96. The Bertz CT molecular complexity index is 745. The van der Waals surface area contributed by atoms with Crippen molar-refractivity contribution in [3.8, 4) is 0 Å². The summed E-state index contributed by atoms with van der Waals surface area (Å²) in [5.41, 5.74) is 2.73. The molecule has 3 saturated carbocycles. The lowest BCUT2D eigenvalue weighted by molar-refractivity contribution is -0.199. The summed E-state index contributed by atoms with van der Waals surface area (Å²) in [4.78, 5) is 0. The van der Waals surface area contributed by atoms with E-state index in [-0.39, 0.29) is 24.9 Å². The van der Waals surface area contributed by atoms with Crippen molar-refractivity contribution in [2.24, 2.45) is 23.2 Å². The average molecular weight is 366 g/mol. The van der Waals surface area contributed by atoms with Crippen LogP contribution in [0.15, 0.2) is 41.9 Å². The molecule has 27 heavy (non-hydrogen) atoms. The summed E-state index contributed by atoms with van der Waals surface area (Å²) in [5.74, 6) is 1.76. The molecule has 2 bridgehead atoms. The van der Waals surface area contributed by atoms with Crippen LogP contribution in [0.25, 0.3) is 0 Å². The van der Waals surface area contributed by atoms with Crippen LogP contribution in [0, 0.1) is 23.2 Å². The Kier molecular flexibility index (Phi) is 4.13. The van der Waals surface area contributed by atoms with E-state index in [1.165, 1.54) is 17.5 Å². The van der Waals surface area contributed by atoms with Gasteiger partial charge < -0.3 is 14.0 Å². The van der Waals surface area contributed by atoms with Gasteiger partial charge >= 0.3 is 7.12 Å².